The predicted molar refractivity (Wildman–Crippen MR) is 114 cm³/mol. The minimum Gasteiger partial charge on any atom is -0.376 e. The standard InChI is InChI=1S/C22H23F3N4O3/c1-13-6-7-14(20(31)27-12-22(23,24)25)10-18(13)26-11-19(30)29-17-5-3-2-4-16(17)21(32)28-15-8-9-15/h2-7,10,15,26H,8-9,11-12H2,1H3,(H,27,31)(H,28,32)(H,29,30). The number of carbonyl (C=O) groups is 3. The summed E-state index contributed by atoms with van der Waals surface area (Å²) < 4.78 is 36.9. The third-order valence-corrected chi connectivity index (χ3v) is 4.75. The Morgan fingerprint density at radius 3 is 2.41 bits per heavy atom. The summed E-state index contributed by atoms with van der Waals surface area (Å²) in [5.74, 6) is -1.56. The maximum absolute atomic E-state index is 12.4. The average molecular weight is 448 g/mol. The van der Waals surface area contributed by atoms with E-state index in [0.717, 1.165) is 12.8 Å². The minimum absolute atomic E-state index is 0.0323. The van der Waals surface area contributed by atoms with E-state index >= 15 is 0 Å². The molecule has 1 aliphatic carbocycles. The highest BCUT2D eigenvalue weighted by Crippen LogP contribution is 2.22. The Kier molecular flexibility index (Phi) is 7.01. The quantitative estimate of drug-likeness (QED) is 0.498. The molecule has 1 aliphatic rings. The van der Waals surface area contributed by atoms with Gasteiger partial charge in [0.1, 0.15) is 6.54 Å². The molecule has 3 amide bonds. The molecule has 1 saturated carbocycles. The summed E-state index contributed by atoms with van der Waals surface area (Å²) in [6.07, 6.45) is -2.63. The Hall–Kier alpha value is -3.56. The molecule has 0 unspecified atom stereocenters. The molecule has 4 N–H and O–H groups in total. The van der Waals surface area contributed by atoms with Crippen molar-refractivity contribution in [2.24, 2.45) is 0 Å². The van der Waals surface area contributed by atoms with Crippen molar-refractivity contribution in [1.82, 2.24) is 10.6 Å². The molecule has 3 rings (SSSR count). The second-order valence-electron chi connectivity index (χ2n) is 7.52. The number of halogens is 3. The molecule has 7 nitrogen and oxygen atoms in total. The number of alkyl halides is 3. The Bertz CT molecular complexity index is 1020. The van der Waals surface area contributed by atoms with Crippen LogP contribution in [0.4, 0.5) is 24.5 Å². The zero-order valence-electron chi connectivity index (χ0n) is 17.3. The van der Waals surface area contributed by atoms with Crippen LogP contribution in [0.3, 0.4) is 0 Å². The fourth-order valence-electron chi connectivity index (χ4n) is 2.89. The van der Waals surface area contributed by atoms with Gasteiger partial charge in [0.15, 0.2) is 0 Å². The monoisotopic (exact) mass is 448 g/mol. The molecule has 0 bridgehead atoms. The van der Waals surface area contributed by atoms with Crippen LogP contribution in [0, 0.1) is 6.92 Å². The van der Waals surface area contributed by atoms with Crippen LogP contribution < -0.4 is 21.3 Å². The number of hydrogen-bond donors (Lipinski definition) is 4. The summed E-state index contributed by atoms with van der Waals surface area (Å²) in [7, 11) is 0. The number of anilines is 2. The minimum atomic E-state index is -4.51. The van der Waals surface area contributed by atoms with Gasteiger partial charge >= 0.3 is 6.18 Å². The van der Waals surface area contributed by atoms with Crippen molar-refractivity contribution in [2.75, 3.05) is 23.7 Å². The topological polar surface area (TPSA) is 99.3 Å². The number of nitrogens with one attached hydrogen (secondary N) is 4. The molecule has 0 spiro atoms. The molecule has 2 aromatic rings. The van der Waals surface area contributed by atoms with Gasteiger partial charge in [0.05, 0.1) is 17.8 Å². The lowest BCUT2D eigenvalue weighted by molar-refractivity contribution is -0.123. The summed E-state index contributed by atoms with van der Waals surface area (Å²) >= 11 is 0. The van der Waals surface area contributed by atoms with Crippen molar-refractivity contribution >= 4 is 29.1 Å². The first-order valence-corrected chi connectivity index (χ1v) is 10.0. The Labute approximate surface area is 182 Å². The van der Waals surface area contributed by atoms with Gasteiger partial charge in [0, 0.05) is 17.3 Å². The summed E-state index contributed by atoms with van der Waals surface area (Å²) in [5, 5.41) is 10.2. The van der Waals surface area contributed by atoms with E-state index in [0.29, 0.717) is 22.5 Å². The number of benzene rings is 2. The molecule has 0 aromatic heterocycles. The molecule has 0 atom stereocenters. The number of aryl methyl sites for hydroxylation is 1. The van der Waals surface area contributed by atoms with Crippen molar-refractivity contribution in [3.63, 3.8) is 0 Å². The molecule has 0 aliphatic heterocycles. The van der Waals surface area contributed by atoms with Crippen LogP contribution in [-0.2, 0) is 4.79 Å². The van der Waals surface area contributed by atoms with Crippen LogP contribution in [0.15, 0.2) is 42.5 Å². The van der Waals surface area contributed by atoms with Crippen LogP contribution in [0.5, 0.6) is 0 Å². The summed E-state index contributed by atoms with van der Waals surface area (Å²) in [6, 6.07) is 11.2. The van der Waals surface area contributed by atoms with Crippen LogP contribution >= 0.6 is 0 Å². The number of hydrogen-bond acceptors (Lipinski definition) is 4. The van der Waals surface area contributed by atoms with E-state index in [4.69, 9.17) is 0 Å². The normalized spacial score (nSPS) is 13.2. The molecule has 0 heterocycles. The van der Waals surface area contributed by atoms with Gasteiger partial charge < -0.3 is 21.3 Å². The largest absolute Gasteiger partial charge is 0.405 e. The van der Waals surface area contributed by atoms with Gasteiger partial charge in [-0.15, -0.1) is 0 Å². The third-order valence-electron chi connectivity index (χ3n) is 4.75. The van der Waals surface area contributed by atoms with Crippen LogP contribution in [0.25, 0.3) is 0 Å². The molecule has 10 heteroatoms. The second-order valence-corrected chi connectivity index (χ2v) is 7.52. The summed E-state index contributed by atoms with van der Waals surface area (Å²) in [4.78, 5) is 36.7. The lowest BCUT2D eigenvalue weighted by Gasteiger charge is -2.14. The van der Waals surface area contributed by atoms with Crippen molar-refractivity contribution in [2.45, 2.75) is 32.0 Å². The molecule has 32 heavy (non-hydrogen) atoms. The molecule has 2 aromatic carbocycles. The lowest BCUT2D eigenvalue weighted by Crippen LogP contribution is -2.33. The molecule has 0 saturated heterocycles. The first-order valence-electron chi connectivity index (χ1n) is 10.0. The van der Waals surface area contributed by atoms with Gasteiger partial charge in [-0.2, -0.15) is 13.2 Å². The van der Waals surface area contributed by atoms with E-state index < -0.39 is 24.5 Å². The number of para-hydroxylation sites is 1. The van der Waals surface area contributed by atoms with Crippen LogP contribution in [0.2, 0.25) is 0 Å². The van der Waals surface area contributed by atoms with Crippen LogP contribution in [0.1, 0.15) is 39.1 Å². The van der Waals surface area contributed by atoms with E-state index in [1.54, 1.807) is 37.3 Å². The van der Waals surface area contributed by atoms with Gasteiger partial charge in [0.25, 0.3) is 11.8 Å². The van der Waals surface area contributed by atoms with Gasteiger partial charge in [-0.1, -0.05) is 18.2 Å². The Morgan fingerprint density at radius 2 is 1.72 bits per heavy atom. The van der Waals surface area contributed by atoms with Crippen LogP contribution in [-0.4, -0.2) is 43.0 Å². The van der Waals surface area contributed by atoms with Crippen molar-refractivity contribution < 1.29 is 27.6 Å². The lowest BCUT2D eigenvalue weighted by atomic mass is 10.1. The highest BCUT2D eigenvalue weighted by atomic mass is 19.4. The number of carbonyl (C=O) groups excluding carboxylic acids is 3. The molecule has 1 fully saturated rings. The zero-order valence-corrected chi connectivity index (χ0v) is 17.3. The first-order chi connectivity index (χ1) is 15.1. The smallest absolute Gasteiger partial charge is 0.376 e. The fourth-order valence-corrected chi connectivity index (χ4v) is 2.89. The Morgan fingerprint density at radius 1 is 1.00 bits per heavy atom. The Balaban J connectivity index is 1.60. The highest BCUT2D eigenvalue weighted by molar-refractivity contribution is 6.04. The maximum Gasteiger partial charge on any atom is 0.405 e. The number of rotatable bonds is 8. The number of amides is 3. The highest BCUT2D eigenvalue weighted by Gasteiger charge is 2.28. The molecular weight excluding hydrogens is 425 g/mol. The van der Waals surface area contributed by atoms with Gasteiger partial charge in [-0.3, -0.25) is 14.4 Å². The van der Waals surface area contributed by atoms with E-state index in [1.807, 2.05) is 5.32 Å². The average Bonchev–Trinajstić information content (AvgIpc) is 3.55. The van der Waals surface area contributed by atoms with E-state index in [9.17, 15) is 27.6 Å². The van der Waals surface area contributed by atoms with Gasteiger partial charge in [0.2, 0.25) is 5.91 Å². The van der Waals surface area contributed by atoms with Crippen molar-refractivity contribution in [1.29, 1.82) is 0 Å². The second kappa shape index (κ2) is 9.71. The molecule has 170 valence electrons. The summed E-state index contributed by atoms with van der Waals surface area (Å²) in [5.41, 5.74) is 1.89. The van der Waals surface area contributed by atoms with E-state index in [-0.39, 0.29) is 24.1 Å². The van der Waals surface area contributed by atoms with E-state index in [1.165, 1.54) is 12.1 Å². The third kappa shape index (κ3) is 6.73. The zero-order chi connectivity index (χ0) is 23.3. The van der Waals surface area contributed by atoms with Crippen molar-refractivity contribution in [3.05, 3.63) is 59.2 Å². The SMILES string of the molecule is Cc1ccc(C(=O)NCC(F)(F)F)cc1NCC(=O)Nc1ccccc1C(=O)NC1CC1. The predicted octanol–water partition coefficient (Wildman–Crippen LogP) is 3.23. The first kappa shape index (κ1) is 23.1. The van der Waals surface area contributed by atoms with Gasteiger partial charge in [-0.05, 0) is 49.6 Å². The fraction of sp³-hybridized carbons (Fsp3) is 0.318. The summed E-state index contributed by atoms with van der Waals surface area (Å²) in [6.45, 7) is 0.126. The van der Waals surface area contributed by atoms with E-state index in [2.05, 4.69) is 16.0 Å². The van der Waals surface area contributed by atoms with Crippen molar-refractivity contribution in [3.8, 4) is 0 Å². The molecular formula is C22H23F3N4O3. The molecule has 0 radical (unpaired) electrons. The maximum atomic E-state index is 12.4. The van der Waals surface area contributed by atoms with Gasteiger partial charge in [-0.25, -0.2) is 0 Å².